The zero-order valence-electron chi connectivity index (χ0n) is 12.1. The maximum absolute atomic E-state index is 12.7. The summed E-state index contributed by atoms with van der Waals surface area (Å²) >= 11 is 0. The van der Waals surface area contributed by atoms with E-state index in [1.54, 1.807) is 17.4 Å². The Morgan fingerprint density at radius 2 is 2.20 bits per heavy atom. The van der Waals surface area contributed by atoms with Crippen LogP contribution in [-0.4, -0.2) is 32.9 Å². The summed E-state index contributed by atoms with van der Waals surface area (Å²) in [6.45, 7) is 3.70. The average Bonchev–Trinajstić information content (AvgIpc) is 2.46. The summed E-state index contributed by atoms with van der Waals surface area (Å²) in [5, 5.41) is 0. The molecule has 1 saturated heterocycles. The SMILES string of the molecule is CC1CCCN(S(=O)(=O)N(C)c2cccc(CN)c2)C1. The number of rotatable bonds is 4. The van der Waals surface area contributed by atoms with E-state index in [0.717, 1.165) is 18.4 Å². The molecule has 0 saturated carbocycles. The highest BCUT2D eigenvalue weighted by Gasteiger charge is 2.30. The molecule has 6 heteroatoms. The number of nitrogens with zero attached hydrogens (tertiary/aromatic N) is 2. The first-order valence-corrected chi connectivity index (χ1v) is 8.38. The van der Waals surface area contributed by atoms with E-state index in [9.17, 15) is 8.42 Å². The average molecular weight is 297 g/mol. The quantitative estimate of drug-likeness (QED) is 0.917. The van der Waals surface area contributed by atoms with Gasteiger partial charge < -0.3 is 5.73 Å². The van der Waals surface area contributed by atoms with Crippen LogP contribution in [-0.2, 0) is 16.8 Å². The molecule has 0 spiro atoms. The van der Waals surface area contributed by atoms with Gasteiger partial charge in [0.25, 0.3) is 0 Å². The maximum atomic E-state index is 12.7. The first kappa shape index (κ1) is 15.3. The Balaban J connectivity index is 2.23. The van der Waals surface area contributed by atoms with Gasteiger partial charge >= 0.3 is 10.2 Å². The van der Waals surface area contributed by atoms with Crippen molar-refractivity contribution in [2.24, 2.45) is 11.7 Å². The molecule has 5 nitrogen and oxygen atoms in total. The molecule has 112 valence electrons. The highest BCUT2D eigenvalue weighted by Crippen LogP contribution is 2.24. The molecule has 0 aromatic heterocycles. The van der Waals surface area contributed by atoms with Gasteiger partial charge in [0.05, 0.1) is 5.69 Å². The lowest BCUT2D eigenvalue weighted by Crippen LogP contribution is -2.46. The van der Waals surface area contributed by atoms with Gasteiger partial charge in [-0.3, -0.25) is 4.31 Å². The van der Waals surface area contributed by atoms with Crippen LogP contribution in [0.2, 0.25) is 0 Å². The highest BCUT2D eigenvalue weighted by molar-refractivity contribution is 7.90. The summed E-state index contributed by atoms with van der Waals surface area (Å²) in [6, 6.07) is 7.35. The summed E-state index contributed by atoms with van der Waals surface area (Å²) in [6.07, 6.45) is 2.02. The fourth-order valence-electron chi connectivity index (χ4n) is 2.54. The second-order valence-electron chi connectivity index (χ2n) is 5.45. The number of benzene rings is 1. The fourth-order valence-corrected chi connectivity index (χ4v) is 4.07. The molecule has 0 amide bonds. The van der Waals surface area contributed by atoms with Crippen molar-refractivity contribution in [3.05, 3.63) is 29.8 Å². The lowest BCUT2D eigenvalue weighted by atomic mass is 10.0. The van der Waals surface area contributed by atoms with Crippen molar-refractivity contribution in [1.82, 2.24) is 4.31 Å². The topological polar surface area (TPSA) is 66.6 Å². The monoisotopic (exact) mass is 297 g/mol. The van der Waals surface area contributed by atoms with Gasteiger partial charge in [0.2, 0.25) is 0 Å². The van der Waals surface area contributed by atoms with Gasteiger partial charge in [-0.25, -0.2) is 0 Å². The predicted octanol–water partition coefficient (Wildman–Crippen LogP) is 1.56. The molecule has 0 bridgehead atoms. The number of hydrogen-bond donors (Lipinski definition) is 1. The summed E-state index contributed by atoms with van der Waals surface area (Å²) in [7, 11) is -1.85. The normalized spacial score (nSPS) is 20.9. The molecule has 1 aromatic rings. The zero-order chi connectivity index (χ0) is 14.8. The van der Waals surface area contributed by atoms with E-state index >= 15 is 0 Å². The van der Waals surface area contributed by atoms with Crippen molar-refractivity contribution >= 4 is 15.9 Å². The molecule has 1 aliphatic heterocycles. The molecule has 1 heterocycles. The summed E-state index contributed by atoms with van der Waals surface area (Å²) in [5.74, 6) is 0.419. The summed E-state index contributed by atoms with van der Waals surface area (Å²) < 4.78 is 28.2. The van der Waals surface area contributed by atoms with Gasteiger partial charge in [0.15, 0.2) is 0 Å². The first-order chi connectivity index (χ1) is 9.45. The van der Waals surface area contributed by atoms with Gasteiger partial charge in [-0.15, -0.1) is 0 Å². The van der Waals surface area contributed by atoms with Crippen LogP contribution in [0.1, 0.15) is 25.3 Å². The first-order valence-electron chi connectivity index (χ1n) is 6.98. The fraction of sp³-hybridized carbons (Fsp3) is 0.571. The summed E-state index contributed by atoms with van der Waals surface area (Å²) in [4.78, 5) is 0. The molecule has 1 aliphatic rings. The highest BCUT2D eigenvalue weighted by atomic mass is 32.2. The zero-order valence-corrected chi connectivity index (χ0v) is 12.9. The smallest absolute Gasteiger partial charge is 0.303 e. The Bertz CT molecular complexity index is 559. The number of piperidine rings is 1. The van der Waals surface area contributed by atoms with E-state index in [1.807, 2.05) is 18.2 Å². The third-order valence-corrected chi connectivity index (χ3v) is 5.69. The Hall–Kier alpha value is -1.11. The van der Waals surface area contributed by atoms with Gasteiger partial charge in [0.1, 0.15) is 0 Å². The Kier molecular flexibility index (Phi) is 4.67. The van der Waals surface area contributed by atoms with Crippen LogP contribution >= 0.6 is 0 Å². The molecule has 2 rings (SSSR count). The molecule has 1 fully saturated rings. The van der Waals surface area contributed by atoms with E-state index in [-0.39, 0.29) is 0 Å². The molecule has 0 radical (unpaired) electrons. The molecule has 2 N–H and O–H groups in total. The van der Waals surface area contributed by atoms with Crippen molar-refractivity contribution in [3.63, 3.8) is 0 Å². The molecule has 1 atom stereocenters. The standard InChI is InChI=1S/C14H23N3O2S/c1-12-5-4-8-17(11-12)20(18,19)16(2)14-7-3-6-13(9-14)10-15/h3,6-7,9,12H,4-5,8,10-11,15H2,1-2H3. The van der Waals surface area contributed by atoms with Crippen LogP contribution in [0.5, 0.6) is 0 Å². The Morgan fingerprint density at radius 3 is 2.85 bits per heavy atom. The molecular weight excluding hydrogens is 274 g/mol. The maximum Gasteiger partial charge on any atom is 0.303 e. The van der Waals surface area contributed by atoms with E-state index in [1.165, 1.54) is 4.31 Å². The van der Waals surface area contributed by atoms with E-state index in [4.69, 9.17) is 5.73 Å². The minimum absolute atomic E-state index is 0.405. The predicted molar refractivity (Wildman–Crippen MR) is 81.6 cm³/mol. The van der Waals surface area contributed by atoms with Gasteiger partial charge in [-0.05, 0) is 36.5 Å². The molecule has 20 heavy (non-hydrogen) atoms. The minimum atomic E-state index is -3.45. The van der Waals surface area contributed by atoms with Crippen LogP contribution in [0.15, 0.2) is 24.3 Å². The minimum Gasteiger partial charge on any atom is -0.326 e. The van der Waals surface area contributed by atoms with Gasteiger partial charge in [0, 0.05) is 26.7 Å². The third-order valence-electron chi connectivity index (χ3n) is 3.80. The molecule has 1 aromatic carbocycles. The summed E-state index contributed by atoms with van der Waals surface area (Å²) in [5.41, 5.74) is 7.20. The second-order valence-corrected chi connectivity index (χ2v) is 7.41. The molecule has 1 unspecified atom stereocenters. The van der Waals surface area contributed by atoms with Crippen LogP contribution in [0.4, 0.5) is 5.69 Å². The number of hydrogen-bond acceptors (Lipinski definition) is 3. The van der Waals surface area contributed by atoms with E-state index in [2.05, 4.69) is 6.92 Å². The van der Waals surface area contributed by atoms with Crippen molar-refractivity contribution in [2.45, 2.75) is 26.3 Å². The largest absolute Gasteiger partial charge is 0.326 e. The van der Waals surface area contributed by atoms with Crippen molar-refractivity contribution < 1.29 is 8.42 Å². The Labute approximate surface area is 121 Å². The van der Waals surface area contributed by atoms with Crippen molar-refractivity contribution in [3.8, 4) is 0 Å². The molecule has 0 aliphatic carbocycles. The molecular formula is C14H23N3O2S. The van der Waals surface area contributed by atoms with Gasteiger partial charge in [-0.1, -0.05) is 19.1 Å². The van der Waals surface area contributed by atoms with Crippen LogP contribution in [0.25, 0.3) is 0 Å². The van der Waals surface area contributed by atoms with E-state index < -0.39 is 10.2 Å². The lowest BCUT2D eigenvalue weighted by molar-refractivity contribution is 0.281. The number of anilines is 1. The second kappa shape index (κ2) is 6.11. The van der Waals surface area contributed by atoms with Crippen LogP contribution in [0, 0.1) is 5.92 Å². The Morgan fingerprint density at radius 1 is 1.45 bits per heavy atom. The third kappa shape index (κ3) is 3.13. The van der Waals surface area contributed by atoms with Crippen molar-refractivity contribution in [1.29, 1.82) is 0 Å². The van der Waals surface area contributed by atoms with Crippen LogP contribution < -0.4 is 10.0 Å². The van der Waals surface area contributed by atoms with Crippen LogP contribution in [0.3, 0.4) is 0 Å². The van der Waals surface area contributed by atoms with E-state index in [0.29, 0.717) is 31.2 Å². The number of nitrogens with two attached hydrogens (primary N) is 1. The lowest BCUT2D eigenvalue weighted by Gasteiger charge is -2.33. The van der Waals surface area contributed by atoms with Gasteiger partial charge in [-0.2, -0.15) is 12.7 Å². The van der Waals surface area contributed by atoms with Crippen molar-refractivity contribution in [2.75, 3.05) is 24.4 Å².